The molecule has 0 atom stereocenters. The zero-order valence-corrected chi connectivity index (χ0v) is 16.2. The summed E-state index contributed by atoms with van der Waals surface area (Å²) in [5.74, 6) is 0.858. The van der Waals surface area contributed by atoms with Crippen molar-refractivity contribution in [2.45, 2.75) is 32.7 Å². The average molecular weight is 382 g/mol. The summed E-state index contributed by atoms with van der Waals surface area (Å²) in [4.78, 5) is 20.6. The van der Waals surface area contributed by atoms with E-state index in [4.69, 9.17) is 4.74 Å². The van der Waals surface area contributed by atoms with Gasteiger partial charge in [0, 0.05) is 29.8 Å². The summed E-state index contributed by atoms with van der Waals surface area (Å²) < 4.78 is 5.68. The number of pyridine rings is 1. The Bertz CT molecular complexity index is 847. The number of carbonyl (C=O) groups is 1. The minimum absolute atomic E-state index is 0.0124. The van der Waals surface area contributed by atoms with E-state index in [1.54, 1.807) is 23.7 Å². The van der Waals surface area contributed by atoms with Crippen molar-refractivity contribution in [2.75, 3.05) is 6.61 Å². The quantitative estimate of drug-likeness (QED) is 0.563. The first-order valence-corrected chi connectivity index (χ1v) is 9.96. The van der Waals surface area contributed by atoms with Crippen molar-refractivity contribution < 1.29 is 9.53 Å². The summed E-state index contributed by atoms with van der Waals surface area (Å²) in [6.07, 6.45) is 5.63. The highest BCUT2D eigenvalue weighted by molar-refractivity contribution is 7.13. The summed E-state index contributed by atoms with van der Waals surface area (Å²) in [5.41, 5.74) is 3.19. The predicted molar refractivity (Wildman–Crippen MR) is 108 cm³/mol. The Morgan fingerprint density at radius 2 is 1.93 bits per heavy atom. The lowest BCUT2D eigenvalue weighted by molar-refractivity contribution is -0.121. The number of aryl methyl sites for hydroxylation is 1. The molecule has 1 amide bonds. The molecule has 0 aliphatic rings. The number of hydrogen-bond acceptors (Lipinski definition) is 5. The number of amides is 1. The molecular formula is C21H23N3O2S. The molecule has 0 aliphatic carbocycles. The largest absolute Gasteiger partial charge is 0.494 e. The Hall–Kier alpha value is -2.73. The van der Waals surface area contributed by atoms with Crippen molar-refractivity contribution in [1.29, 1.82) is 0 Å². The maximum absolute atomic E-state index is 12.0. The maximum atomic E-state index is 12.0. The van der Waals surface area contributed by atoms with Crippen molar-refractivity contribution in [1.82, 2.24) is 15.3 Å². The number of nitrogens with zero attached hydrogens (tertiary/aromatic N) is 2. The molecule has 0 spiro atoms. The molecule has 0 unspecified atom stereocenters. The molecule has 6 heteroatoms. The van der Waals surface area contributed by atoms with Crippen molar-refractivity contribution in [2.24, 2.45) is 0 Å². The summed E-state index contributed by atoms with van der Waals surface area (Å²) in [7, 11) is 0. The van der Waals surface area contributed by atoms with E-state index in [9.17, 15) is 4.79 Å². The Labute approximate surface area is 163 Å². The second-order valence-corrected chi connectivity index (χ2v) is 6.96. The number of thiazole rings is 1. The molecule has 2 aromatic heterocycles. The monoisotopic (exact) mass is 381 g/mol. The van der Waals surface area contributed by atoms with Crippen LogP contribution in [-0.4, -0.2) is 22.5 Å². The van der Waals surface area contributed by atoms with Crippen LogP contribution in [0.2, 0.25) is 0 Å². The van der Waals surface area contributed by atoms with E-state index in [2.05, 4.69) is 34.3 Å². The van der Waals surface area contributed by atoms with E-state index in [1.165, 1.54) is 5.56 Å². The molecule has 140 valence electrons. The predicted octanol–water partition coefficient (Wildman–Crippen LogP) is 4.24. The van der Waals surface area contributed by atoms with E-state index in [-0.39, 0.29) is 5.91 Å². The number of hydrogen-bond donors (Lipinski definition) is 1. The topological polar surface area (TPSA) is 64.1 Å². The van der Waals surface area contributed by atoms with Gasteiger partial charge in [-0.2, -0.15) is 0 Å². The first-order valence-electron chi connectivity index (χ1n) is 9.08. The summed E-state index contributed by atoms with van der Waals surface area (Å²) in [6, 6.07) is 11.9. The van der Waals surface area contributed by atoms with Gasteiger partial charge in [0.1, 0.15) is 10.8 Å². The van der Waals surface area contributed by atoms with Crippen LogP contribution in [0.1, 0.15) is 31.0 Å². The SMILES string of the molecule is CCc1ccc(OCCCC(=O)NCc2csc(-c3ccncc3)n2)cc1. The standard InChI is InChI=1S/C21H23N3O2S/c1-2-16-5-7-19(8-6-16)26-13-3-4-20(25)23-14-18-15-27-21(24-18)17-9-11-22-12-10-17/h5-12,15H,2-4,13-14H2,1H3,(H,23,25). The van der Waals surface area contributed by atoms with E-state index in [0.29, 0.717) is 26.0 Å². The van der Waals surface area contributed by atoms with Crippen LogP contribution in [0.25, 0.3) is 10.6 Å². The molecule has 0 saturated carbocycles. The van der Waals surface area contributed by atoms with Crippen LogP contribution in [0.5, 0.6) is 5.75 Å². The highest BCUT2D eigenvalue weighted by Crippen LogP contribution is 2.22. The molecule has 1 aromatic carbocycles. The third-order valence-corrected chi connectivity index (χ3v) is 5.03. The van der Waals surface area contributed by atoms with E-state index < -0.39 is 0 Å². The Morgan fingerprint density at radius 1 is 1.15 bits per heavy atom. The molecule has 0 saturated heterocycles. The fourth-order valence-corrected chi connectivity index (χ4v) is 3.36. The number of carbonyl (C=O) groups excluding carboxylic acids is 1. The van der Waals surface area contributed by atoms with Crippen LogP contribution in [0.4, 0.5) is 0 Å². The van der Waals surface area contributed by atoms with Gasteiger partial charge in [-0.15, -0.1) is 11.3 Å². The van der Waals surface area contributed by atoms with Crippen LogP contribution >= 0.6 is 11.3 Å². The van der Waals surface area contributed by atoms with Gasteiger partial charge in [-0.3, -0.25) is 9.78 Å². The molecule has 3 rings (SSSR count). The zero-order valence-electron chi connectivity index (χ0n) is 15.4. The molecule has 0 radical (unpaired) electrons. The van der Waals surface area contributed by atoms with Gasteiger partial charge < -0.3 is 10.1 Å². The smallest absolute Gasteiger partial charge is 0.220 e. The summed E-state index contributed by atoms with van der Waals surface area (Å²) >= 11 is 1.57. The van der Waals surface area contributed by atoms with E-state index in [1.807, 2.05) is 29.6 Å². The Morgan fingerprint density at radius 3 is 2.67 bits per heavy atom. The van der Waals surface area contributed by atoms with Gasteiger partial charge in [-0.1, -0.05) is 19.1 Å². The molecule has 3 aromatic rings. The van der Waals surface area contributed by atoms with Gasteiger partial charge in [0.05, 0.1) is 18.8 Å². The molecule has 5 nitrogen and oxygen atoms in total. The molecule has 27 heavy (non-hydrogen) atoms. The van der Waals surface area contributed by atoms with Gasteiger partial charge in [-0.05, 0) is 42.7 Å². The molecule has 0 fully saturated rings. The minimum atomic E-state index is 0.0124. The van der Waals surface area contributed by atoms with Crippen molar-refractivity contribution in [3.05, 3.63) is 65.4 Å². The molecule has 1 N–H and O–H groups in total. The lowest BCUT2D eigenvalue weighted by Crippen LogP contribution is -2.23. The van der Waals surface area contributed by atoms with Crippen molar-refractivity contribution >= 4 is 17.2 Å². The van der Waals surface area contributed by atoms with Gasteiger partial charge in [0.15, 0.2) is 0 Å². The minimum Gasteiger partial charge on any atom is -0.494 e. The number of ether oxygens (including phenoxy) is 1. The maximum Gasteiger partial charge on any atom is 0.220 e. The normalized spacial score (nSPS) is 10.6. The Balaban J connectivity index is 1.35. The molecule has 0 aliphatic heterocycles. The van der Waals surface area contributed by atoms with Crippen LogP contribution in [0, 0.1) is 0 Å². The fourth-order valence-electron chi connectivity index (χ4n) is 2.54. The van der Waals surface area contributed by atoms with Crippen LogP contribution < -0.4 is 10.1 Å². The first kappa shape index (κ1) is 19.0. The first-order chi connectivity index (χ1) is 13.2. The second kappa shape index (κ2) is 9.83. The number of benzene rings is 1. The van der Waals surface area contributed by atoms with Gasteiger partial charge >= 0.3 is 0 Å². The number of aromatic nitrogens is 2. The molecular weight excluding hydrogens is 358 g/mol. The molecule has 2 heterocycles. The van der Waals surface area contributed by atoms with Crippen molar-refractivity contribution in [3.63, 3.8) is 0 Å². The highest BCUT2D eigenvalue weighted by Gasteiger charge is 2.07. The lowest BCUT2D eigenvalue weighted by Gasteiger charge is -2.07. The number of rotatable bonds is 9. The Kier molecular flexibility index (Phi) is 6.93. The lowest BCUT2D eigenvalue weighted by atomic mass is 10.2. The van der Waals surface area contributed by atoms with Gasteiger partial charge in [-0.25, -0.2) is 4.98 Å². The van der Waals surface area contributed by atoms with E-state index in [0.717, 1.165) is 28.4 Å². The summed E-state index contributed by atoms with van der Waals surface area (Å²) in [6.45, 7) is 3.10. The average Bonchev–Trinajstić information content (AvgIpc) is 3.20. The summed E-state index contributed by atoms with van der Waals surface area (Å²) in [5, 5.41) is 5.82. The second-order valence-electron chi connectivity index (χ2n) is 6.11. The molecule has 0 bridgehead atoms. The van der Waals surface area contributed by atoms with Crippen LogP contribution in [0.15, 0.2) is 54.2 Å². The van der Waals surface area contributed by atoms with Crippen LogP contribution in [0.3, 0.4) is 0 Å². The van der Waals surface area contributed by atoms with E-state index >= 15 is 0 Å². The van der Waals surface area contributed by atoms with Crippen molar-refractivity contribution in [3.8, 4) is 16.3 Å². The fraction of sp³-hybridized carbons (Fsp3) is 0.286. The third kappa shape index (κ3) is 5.89. The number of nitrogens with one attached hydrogen (secondary N) is 1. The third-order valence-electron chi connectivity index (χ3n) is 4.09. The van der Waals surface area contributed by atoms with Crippen LogP contribution in [-0.2, 0) is 17.8 Å². The van der Waals surface area contributed by atoms with Gasteiger partial charge in [0.25, 0.3) is 0 Å². The van der Waals surface area contributed by atoms with Gasteiger partial charge in [0.2, 0.25) is 5.91 Å². The highest BCUT2D eigenvalue weighted by atomic mass is 32.1. The zero-order chi connectivity index (χ0) is 18.9.